The lowest BCUT2D eigenvalue weighted by atomic mass is 10.0. The maximum Gasteiger partial charge on any atom is 0.426 e. The molecule has 0 aliphatic heterocycles. The molecule has 0 N–H and O–H groups in total. The average Bonchev–Trinajstić information content (AvgIpc) is 2.69. The zero-order valence-electron chi connectivity index (χ0n) is 15.5. The second kappa shape index (κ2) is 8.71. The van der Waals surface area contributed by atoms with Gasteiger partial charge in [-0.2, -0.15) is 26.3 Å². The quantitative estimate of drug-likeness (QED) is 0.356. The molecule has 0 aromatic heterocycles. The predicted molar refractivity (Wildman–Crippen MR) is 98.7 cm³/mol. The van der Waals surface area contributed by atoms with Gasteiger partial charge in [0.25, 0.3) is 6.08 Å². The highest BCUT2D eigenvalue weighted by Crippen LogP contribution is 2.35. The van der Waals surface area contributed by atoms with E-state index in [0.717, 1.165) is 23.8 Å². The zero-order valence-corrected chi connectivity index (χ0v) is 15.5. The maximum atomic E-state index is 14.4. The molecule has 3 aromatic carbocycles. The molecule has 0 saturated carbocycles. The first kappa shape index (κ1) is 22.2. The summed E-state index contributed by atoms with van der Waals surface area (Å²) < 4.78 is 102. The Balaban J connectivity index is 1.75. The summed E-state index contributed by atoms with van der Waals surface area (Å²) in [5.41, 5.74) is 0.977. The van der Waals surface area contributed by atoms with E-state index < -0.39 is 47.3 Å². The first-order valence-corrected chi connectivity index (χ1v) is 8.69. The highest BCUT2D eigenvalue weighted by atomic mass is 19.3. The summed E-state index contributed by atoms with van der Waals surface area (Å²) in [5.74, 6) is -3.30. The second-order valence-electron chi connectivity index (χ2n) is 6.25. The Bertz CT molecular complexity index is 1060. The maximum absolute atomic E-state index is 14.4. The SMILES string of the molecule is FC(F)=CC(F)(F)Oc1ccc(OC(F)(F)c2ccc(-c3ccccc3)cc2)cc1F. The summed E-state index contributed by atoms with van der Waals surface area (Å²) in [6.45, 7) is 0. The third kappa shape index (κ3) is 5.78. The van der Waals surface area contributed by atoms with Gasteiger partial charge < -0.3 is 9.47 Å². The molecule has 162 valence electrons. The molecule has 0 fully saturated rings. The van der Waals surface area contributed by atoms with Crippen molar-refractivity contribution < 1.29 is 40.2 Å². The molecule has 31 heavy (non-hydrogen) atoms. The number of benzene rings is 3. The van der Waals surface area contributed by atoms with Crippen LogP contribution in [0.3, 0.4) is 0 Å². The molecule has 0 aliphatic rings. The van der Waals surface area contributed by atoms with Crippen molar-refractivity contribution in [2.75, 3.05) is 0 Å². The summed E-state index contributed by atoms with van der Waals surface area (Å²) in [6.07, 6.45) is -11.9. The van der Waals surface area contributed by atoms with E-state index in [-0.39, 0.29) is 0 Å². The first-order valence-electron chi connectivity index (χ1n) is 8.69. The Hall–Kier alpha value is -3.49. The summed E-state index contributed by atoms with van der Waals surface area (Å²) in [5, 5.41) is 0. The molecule has 0 radical (unpaired) electrons. The molecule has 0 spiro atoms. The van der Waals surface area contributed by atoms with Crippen LogP contribution in [0.15, 0.2) is 85.0 Å². The van der Waals surface area contributed by atoms with Gasteiger partial charge in [0.2, 0.25) is 0 Å². The number of hydrogen-bond donors (Lipinski definition) is 0. The lowest BCUT2D eigenvalue weighted by Crippen LogP contribution is -2.23. The second-order valence-corrected chi connectivity index (χ2v) is 6.25. The number of ether oxygens (including phenoxy) is 2. The number of halogens is 7. The Kier molecular flexibility index (Phi) is 6.24. The molecule has 0 heterocycles. The zero-order chi connectivity index (χ0) is 22.6. The van der Waals surface area contributed by atoms with E-state index in [1.165, 1.54) is 12.1 Å². The lowest BCUT2D eigenvalue weighted by molar-refractivity contribution is -0.185. The van der Waals surface area contributed by atoms with Gasteiger partial charge in [-0.3, -0.25) is 0 Å². The standard InChI is InChI=1S/C22H13F7O2/c23-18-12-17(10-11-19(18)31-21(26,27)13-20(24)25)30-22(28,29)16-8-6-15(7-9-16)14-4-2-1-3-5-14/h1-13H. The van der Waals surface area contributed by atoms with E-state index in [4.69, 9.17) is 0 Å². The van der Waals surface area contributed by atoms with E-state index in [0.29, 0.717) is 17.7 Å². The van der Waals surface area contributed by atoms with Gasteiger partial charge in [-0.1, -0.05) is 42.5 Å². The van der Waals surface area contributed by atoms with Crippen molar-refractivity contribution in [2.24, 2.45) is 0 Å². The fraction of sp³-hybridized carbons (Fsp3) is 0.0909. The molecule has 2 nitrogen and oxygen atoms in total. The minimum Gasteiger partial charge on any atom is -0.429 e. The topological polar surface area (TPSA) is 18.5 Å². The van der Waals surface area contributed by atoms with Crippen LogP contribution in [0.25, 0.3) is 11.1 Å². The predicted octanol–water partition coefficient (Wildman–Crippen LogP) is 7.37. The van der Waals surface area contributed by atoms with Crippen molar-refractivity contribution >= 4 is 0 Å². The molecule has 0 bridgehead atoms. The summed E-state index contributed by atoms with van der Waals surface area (Å²) in [7, 11) is 0. The smallest absolute Gasteiger partial charge is 0.426 e. The molecular formula is C22H13F7O2. The lowest BCUT2D eigenvalue weighted by Gasteiger charge is -2.19. The highest BCUT2D eigenvalue weighted by Gasteiger charge is 2.35. The van der Waals surface area contributed by atoms with Crippen molar-refractivity contribution in [3.8, 4) is 22.6 Å². The van der Waals surface area contributed by atoms with Gasteiger partial charge in [-0.05, 0) is 35.4 Å². The minimum absolute atomic E-state index is 0.382. The fourth-order valence-corrected chi connectivity index (χ4v) is 2.63. The van der Waals surface area contributed by atoms with Crippen molar-refractivity contribution in [1.82, 2.24) is 0 Å². The molecule has 9 heteroatoms. The highest BCUT2D eigenvalue weighted by molar-refractivity contribution is 5.63. The van der Waals surface area contributed by atoms with Gasteiger partial charge in [-0.25, -0.2) is 4.39 Å². The molecular weight excluding hydrogens is 429 g/mol. The fourth-order valence-electron chi connectivity index (χ4n) is 2.63. The Morgan fingerprint density at radius 2 is 1.35 bits per heavy atom. The van der Waals surface area contributed by atoms with Crippen LogP contribution in [0.1, 0.15) is 5.56 Å². The third-order valence-corrected chi connectivity index (χ3v) is 4.00. The molecule has 0 unspecified atom stereocenters. The largest absolute Gasteiger partial charge is 0.429 e. The molecule has 0 saturated heterocycles. The van der Waals surface area contributed by atoms with Gasteiger partial charge in [0.05, 0.1) is 11.6 Å². The van der Waals surface area contributed by atoms with E-state index in [1.54, 1.807) is 24.3 Å². The molecule has 3 aromatic rings. The van der Waals surface area contributed by atoms with E-state index >= 15 is 0 Å². The summed E-state index contributed by atoms with van der Waals surface area (Å²) in [6, 6.07) is 15.9. The average molecular weight is 442 g/mol. The van der Waals surface area contributed by atoms with Crippen molar-refractivity contribution in [1.29, 1.82) is 0 Å². The molecule has 0 aliphatic carbocycles. The van der Waals surface area contributed by atoms with Crippen LogP contribution >= 0.6 is 0 Å². The van der Waals surface area contributed by atoms with E-state index in [1.807, 2.05) is 6.07 Å². The van der Waals surface area contributed by atoms with Crippen LogP contribution in [0.2, 0.25) is 0 Å². The van der Waals surface area contributed by atoms with Crippen molar-refractivity contribution in [2.45, 2.75) is 12.2 Å². The van der Waals surface area contributed by atoms with Crippen molar-refractivity contribution in [3.63, 3.8) is 0 Å². The minimum atomic E-state index is -4.49. The third-order valence-electron chi connectivity index (χ3n) is 4.00. The van der Waals surface area contributed by atoms with Crippen LogP contribution in [-0.4, -0.2) is 6.11 Å². The van der Waals surface area contributed by atoms with Gasteiger partial charge in [0.15, 0.2) is 11.6 Å². The Morgan fingerprint density at radius 1 is 0.742 bits per heavy atom. The summed E-state index contributed by atoms with van der Waals surface area (Å²) >= 11 is 0. The van der Waals surface area contributed by atoms with Crippen LogP contribution in [0.5, 0.6) is 11.5 Å². The Morgan fingerprint density at radius 3 is 1.94 bits per heavy atom. The van der Waals surface area contributed by atoms with E-state index in [9.17, 15) is 30.7 Å². The Labute approximate surface area is 172 Å². The molecule has 0 atom stereocenters. The molecule has 0 amide bonds. The normalized spacial score (nSPS) is 11.7. The van der Waals surface area contributed by atoms with Gasteiger partial charge in [0, 0.05) is 6.07 Å². The number of alkyl halides is 4. The molecule has 3 rings (SSSR count). The summed E-state index contributed by atoms with van der Waals surface area (Å²) in [4.78, 5) is 0. The monoisotopic (exact) mass is 442 g/mol. The van der Waals surface area contributed by atoms with Crippen LogP contribution in [-0.2, 0) is 6.11 Å². The van der Waals surface area contributed by atoms with Gasteiger partial charge in [0.1, 0.15) is 5.75 Å². The number of hydrogen-bond acceptors (Lipinski definition) is 2. The van der Waals surface area contributed by atoms with E-state index in [2.05, 4.69) is 9.47 Å². The van der Waals surface area contributed by atoms with Crippen LogP contribution in [0, 0.1) is 5.82 Å². The van der Waals surface area contributed by atoms with Crippen LogP contribution < -0.4 is 9.47 Å². The van der Waals surface area contributed by atoms with Gasteiger partial charge >= 0.3 is 12.2 Å². The first-order chi connectivity index (χ1) is 14.6. The van der Waals surface area contributed by atoms with Gasteiger partial charge in [-0.15, -0.1) is 0 Å². The van der Waals surface area contributed by atoms with Crippen molar-refractivity contribution in [3.05, 3.63) is 96.3 Å². The van der Waals surface area contributed by atoms with Crippen LogP contribution in [0.4, 0.5) is 30.7 Å². The number of rotatable bonds is 7.